The minimum absolute atomic E-state index is 0.495. The van der Waals surface area contributed by atoms with Crippen molar-refractivity contribution < 1.29 is 0 Å². The van der Waals surface area contributed by atoms with E-state index >= 15 is 0 Å². The number of nitrogens with zero attached hydrogens (tertiary/aromatic N) is 1. The third-order valence-corrected chi connectivity index (χ3v) is 5.11. The van der Waals surface area contributed by atoms with E-state index in [1.165, 1.54) is 64.3 Å². The summed E-state index contributed by atoms with van der Waals surface area (Å²) < 4.78 is 0. The first-order chi connectivity index (χ1) is 7.83. The summed E-state index contributed by atoms with van der Waals surface area (Å²) in [5.74, 6) is 1.01. The molecule has 0 aromatic carbocycles. The SMILES string of the molecule is NC1CC2CCCC(C1)N2CC1CCCC1. The van der Waals surface area contributed by atoms with Gasteiger partial charge in [-0.05, 0) is 44.4 Å². The van der Waals surface area contributed by atoms with Crippen molar-refractivity contribution >= 4 is 0 Å². The maximum atomic E-state index is 6.17. The van der Waals surface area contributed by atoms with E-state index in [0.29, 0.717) is 6.04 Å². The molecule has 2 unspecified atom stereocenters. The molecule has 2 heterocycles. The Balaban J connectivity index is 1.64. The van der Waals surface area contributed by atoms with Crippen molar-refractivity contribution in [2.24, 2.45) is 11.7 Å². The molecule has 1 saturated carbocycles. The molecule has 2 atom stereocenters. The van der Waals surface area contributed by atoms with Crippen LogP contribution in [0, 0.1) is 5.92 Å². The van der Waals surface area contributed by atoms with Crippen LogP contribution in [-0.2, 0) is 0 Å². The Bertz CT molecular complexity index is 221. The molecule has 2 N–H and O–H groups in total. The number of fused-ring (bicyclic) bond motifs is 2. The highest BCUT2D eigenvalue weighted by atomic mass is 15.2. The van der Waals surface area contributed by atoms with E-state index in [4.69, 9.17) is 5.73 Å². The van der Waals surface area contributed by atoms with Gasteiger partial charge in [-0.15, -0.1) is 0 Å². The molecule has 16 heavy (non-hydrogen) atoms. The zero-order valence-electron chi connectivity index (χ0n) is 10.4. The lowest BCUT2D eigenvalue weighted by atomic mass is 9.81. The lowest BCUT2D eigenvalue weighted by molar-refractivity contribution is 0.0192. The molecule has 0 radical (unpaired) electrons. The van der Waals surface area contributed by atoms with Crippen molar-refractivity contribution in [1.29, 1.82) is 0 Å². The first-order valence-corrected chi connectivity index (χ1v) is 7.34. The topological polar surface area (TPSA) is 29.3 Å². The quantitative estimate of drug-likeness (QED) is 0.778. The molecule has 2 heteroatoms. The van der Waals surface area contributed by atoms with Crippen LogP contribution in [0.4, 0.5) is 0 Å². The Kier molecular flexibility index (Phi) is 3.21. The normalized spacial score (nSPS) is 41.4. The van der Waals surface area contributed by atoms with E-state index in [0.717, 1.165) is 18.0 Å². The molecule has 2 nitrogen and oxygen atoms in total. The largest absolute Gasteiger partial charge is 0.328 e. The van der Waals surface area contributed by atoms with Gasteiger partial charge < -0.3 is 5.73 Å². The molecular weight excluding hydrogens is 196 g/mol. The minimum Gasteiger partial charge on any atom is -0.328 e. The first kappa shape index (κ1) is 11.0. The van der Waals surface area contributed by atoms with E-state index in [1.54, 1.807) is 0 Å². The van der Waals surface area contributed by atoms with Crippen molar-refractivity contribution in [3.8, 4) is 0 Å². The molecular formula is C14H26N2. The summed E-state index contributed by atoms with van der Waals surface area (Å²) in [6, 6.07) is 2.17. The Morgan fingerprint density at radius 1 is 0.875 bits per heavy atom. The van der Waals surface area contributed by atoms with Crippen LogP contribution in [-0.4, -0.2) is 29.6 Å². The van der Waals surface area contributed by atoms with Crippen LogP contribution in [0.15, 0.2) is 0 Å². The van der Waals surface area contributed by atoms with E-state index in [1.807, 2.05) is 0 Å². The van der Waals surface area contributed by atoms with E-state index < -0.39 is 0 Å². The number of nitrogens with two attached hydrogens (primary N) is 1. The summed E-state index contributed by atoms with van der Waals surface area (Å²) >= 11 is 0. The Labute approximate surface area is 99.6 Å². The molecule has 2 saturated heterocycles. The van der Waals surface area contributed by atoms with Gasteiger partial charge in [0.05, 0.1) is 0 Å². The van der Waals surface area contributed by atoms with Gasteiger partial charge in [0.15, 0.2) is 0 Å². The van der Waals surface area contributed by atoms with Crippen molar-refractivity contribution in [2.75, 3.05) is 6.54 Å². The van der Waals surface area contributed by atoms with Crippen LogP contribution >= 0.6 is 0 Å². The predicted octanol–water partition coefficient (Wildman–Crippen LogP) is 2.52. The van der Waals surface area contributed by atoms with Crippen molar-refractivity contribution in [3.05, 3.63) is 0 Å². The summed E-state index contributed by atoms with van der Waals surface area (Å²) in [6.45, 7) is 1.39. The van der Waals surface area contributed by atoms with E-state index in [9.17, 15) is 0 Å². The molecule has 2 aliphatic heterocycles. The van der Waals surface area contributed by atoms with Gasteiger partial charge in [0.25, 0.3) is 0 Å². The zero-order valence-corrected chi connectivity index (χ0v) is 10.4. The first-order valence-electron chi connectivity index (χ1n) is 7.34. The fourth-order valence-electron chi connectivity index (χ4n) is 4.31. The smallest absolute Gasteiger partial charge is 0.0113 e. The average Bonchev–Trinajstić information content (AvgIpc) is 2.72. The summed E-state index contributed by atoms with van der Waals surface area (Å²) in [5.41, 5.74) is 6.17. The molecule has 92 valence electrons. The maximum absolute atomic E-state index is 6.17. The molecule has 0 aromatic heterocycles. The number of rotatable bonds is 2. The van der Waals surface area contributed by atoms with Gasteiger partial charge in [0.2, 0.25) is 0 Å². The third kappa shape index (κ3) is 2.14. The van der Waals surface area contributed by atoms with Crippen molar-refractivity contribution in [2.45, 2.75) is 75.9 Å². The number of hydrogen-bond acceptors (Lipinski definition) is 2. The van der Waals surface area contributed by atoms with Crippen LogP contribution in [0.2, 0.25) is 0 Å². The van der Waals surface area contributed by atoms with Gasteiger partial charge in [-0.3, -0.25) is 4.90 Å². The standard InChI is InChI=1S/C14H26N2/c15-12-8-13-6-3-7-14(9-12)16(13)10-11-4-1-2-5-11/h11-14H,1-10,15H2. The van der Waals surface area contributed by atoms with Crippen LogP contribution in [0.1, 0.15) is 57.8 Å². The molecule has 0 spiro atoms. The van der Waals surface area contributed by atoms with Gasteiger partial charge in [-0.2, -0.15) is 0 Å². The zero-order chi connectivity index (χ0) is 11.0. The third-order valence-electron chi connectivity index (χ3n) is 5.11. The lowest BCUT2D eigenvalue weighted by Crippen LogP contribution is -2.56. The molecule has 3 rings (SSSR count). The predicted molar refractivity (Wildman–Crippen MR) is 67.3 cm³/mol. The molecule has 2 bridgehead atoms. The molecule has 0 aromatic rings. The van der Waals surface area contributed by atoms with Gasteiger partial charge in [0.1, 0.15) is 0 Å². The molecule has 1 aliphatic carbocycles. The highest BCUT2D eigenvalue weighted by molar-refractivity contribution is 4.94. The minimum atomic E-state index is 0.495. The second-order valence-electron chi connectivity index (χ2n) is 6.32. The van der Waals surface area contributed by atoms with Crippen LogP contribution in [0.25, 0.3) is 0 Å². The van der Waals surface area contributed by atoms with Gasteiger partial charge >= 0.3 is 0 Å². The number of piperidine rings is 2. The number of hydrogen-bond donors (Lipinski definition) is 1. The van der Waals surface area contributed by atoms with E-state index in [-0.39, 0.29) is 0 Å². The van der Waals surface area contributed by atoms with Crippen LogP contribution < -0.4 is 5.73 Å². The Hall–Kier alpha value is -0.0800. The van der Waals surface area contributed by atoms with Crippen molar-refractivity contribution in [1.82, 2.24) is 4.90 Å². The summed E-state index contributed by atoms with van der Waals surface area (Å²) in [6.07, 6.45) is 12.7. The average molecular weight is 222 g/mol. The van der Waals surface area contributed by atoms with Gasteiger partial charge in [0, 0.05) is 24.7 Å². The highest BCUT2D eigenvalue weighted by Crippen LogP contribution is 2.36. The second kappa shape index (κ2) is 4.66. The van der Waals surface area contributed by atoms with Gasteiger partial charge in [-0.1, -0.05) is 19.3 Å². The Morgan fingerprint density at radius 2 is 1.50 bits per heavy atom. The van der Waals surface area contributed by atoms with E-state index in [2.05, 4.69) is 4.90 Å². The van der Waals surface area contributed by atoms with Crippen molar-refractivity contribution in [3.63, 3.8) is 0 Å². The summed E-state index contributed by atoms with van der Waals surface area (Å²) in [7, 11) is 0. The van der Waals surface area contributed by atoms with Crippen LogP contribution in [0.5, 0.6) is 0 Å². The maximum Gasteiger partial charge on any atom is 0.0113 e. The Morgan fingerprint density at radius 3 is 2.12 bits per heavy atom. The fraction of sp³-hybridized carbons (Fsp3) is 1.00. The molecule has 3 fully saturated rings. The summed E-state index contributed by atoms with van der Waals surface area (Å²) in [4.78, 5) is 2.85. The monoisotopic (exact) mass is 222 g/mol. The molecule has 0 amide bonds. The lowest BCUT2D eigenvalue weighted by Gasteiger charge is -2.49. The van der Waals surface area contributed by atoms with Gasteiger partial charge in [-0.25, -0.2) is 0 Å². The van der Waals surface area contributed by atoms with Crippen LogP contribution in [0.3, 0.4) is 0 Å². The molecule has 3 aliphatic rings. The summed E-state index contributed by atoms with van der Waals surface area (Å²) in [5, 5.41) is 0. The second-order valence-corrected chi connectivity index (χ2v) is 6.32. The highest BCUT2D eigenvalue weighted by Gasteiger charge is 2.37. The fourth-order valence-corrected chi connectivity index (χ4v) is 4.31.